The molecular formula is C11H5ClF4N4. The first-order valence-corrected chi connectivity index (χ1v) is 5.74. The lowest BCUT2D eigenvalue weighted by atomic mass is 10.2. The standard InChI is InChI=1S/C11H5ClF4N4/c1-4-2-5(13)3-6-7(4)17-8(12)9-18-19-10(20(6)9)11(14,15)16/h2-3H,1H3. The fourth-order valence-corrected chi connectivity index (χ4v) is 2.22. The molecule has 3 aromatic rings. The van der Waals surface area contributed by atoms with E-state index in [2.05, 4.69) is 15.2 Å². The molecule has 3 rings (SSSR count). The van der Waals surface area contributed by atoms with Crippen molar-refractivity contribution in [2.75, 3.05) is 0 Å². The smallest absolute Gasteiger partial charge is 0.267 e. The van der Waals surface area contributed by atoms with Gasteiger partial charge in [0.05, 0.1) is 11.0 Å². The minimum Gasteiger partial charge on any atom is -0.267 e. The van der Waals surface area contributed by atoms with Crippen LogP contribution in [-0.2, 0) is 6.18 Å². The van der Waals surface area contributed by atoms with Gasteiger partial charge in [0.15, 0.2) is 10.8 Å². The van der Waals surface area contributed by atoms with E-state index in [0.717, 1.165) is 12.1 Å². The van der Waals surface area contributed by atoms with Crippen molar-refractivity contribution in [2.45, 2.75) is 13.1 Å². The van der Waals surface area contributed by atoms with E-state index in [1.165, 1.54) is 6.92 Å². The highest BCUT2D eigenvalue weighted by Crippen LogP contribution is 2.32. The van der Waals surface area contributed by atoms with Crippen molar-refractivity contribution < 1.29 is 17.6 Å². The Bertz CT molecular complexity index is 840. The van der Waals surface area contributed by atoms with Crippen LogP contribution in [0.3, 0.4) is 0 Å². The molecule has 0 fully saturated rings. The SMILES string of the molecule is Cc1cc(F)cc2c1nc(Cl)c1nnc(C(F)(F)F)n12. The second-order valence-electron chi connectivity index (χ2n) is 4.17. The zero-order valence-corrected chi connectivity index (χ0v) is 10.6. The number of hydrogen-bond acceptors (Lipinski definition) is 3. The molecule has 0 saturated heterocycles. The highest BCUT2D eigenvalue weighted by atomic mass is 35.5. The molecule has 0 bridgehead atoms. The molecule has 0 spiro atoms. The zero-order valence-electron chi connectivity index (χ0n) is 9.83. The van der Waals surface area contributed by atoms with Gasteiger partial charge in [0.2, 0.25) is 5.82 Å². The normalized spacial score (nSPS) is 12.5. The van der Waals surface area contributed by atoms with Crippen LogP contribution in [0.25, 0.3) is 16.7 Å². The van der Waals surface area contributed by atoms with Crippen LogP contribution in [0.1, 0.15) is 11.4 Å². The van der Waals surface area contributed by atoms with Crippen molar-refractivity contribution in [3.05, 3.63) is 34.5 Å². The minimum atomic E-state index is -4.74. The van der Waals surface area contributed by atoms with E-state index >= 15 is 0 Å². The van der Waals surface area contributed by atoms with E-state index in [1.807, 2.05) is 0 Å². The fraction of sp³-hybridized carbons (Fsp3) is 0.182. The maximum Gasteiger partial charge on any atom is 0.452 e. The molecule has 0 amide bonds. The molecule has 0 aliphatic carbocycles. The first-order chi connectivity index (χ1) is 9.29. The Labute approximate surface area is 114 Å². The Morgan fingerprint density at radius 1 is 1.20 bits per heavy atom. The summed E-state index contributed by atoms with van der Waals surface area (Å²) in [5.74, 6) is -1.95. The number of hydrogen-bond donors (Lipinski definition) is 0. The first-order valence-electron chi connectivity index (χ1n) is 5.36. The monoisotopic (exact) mass is 304 g/mol. The van der Waals surface area contributed by atoms with Crippen LogP contribution in [0.2, 0.25) is 5.15 Å². The highest BCUT2D eigenvalue weighted by molar-refractivity contribution is 6.32. The van der Waals surface area contributed by atoms with Crippen LogP contribution >= 0.6 is 11.6 Å². The molecule has 2 heterocycles. The Hall–Kier alpha value is -1.96. The topological polar surface area (TPSA) is 43.1 Å². The van der Waals surface area contributed by atoms with Gasteiger partial charge < -0.3 is 0 Å². The van der Waals surface area contributed by atoms with Gasteiger partial charge in [0.1, 0.15) is 5.82 Å². The zero-order chi connectivity index (χ0) is 14.7. The summed E-state index contributed by atoms with van der Waals surface area (Å²) in [6.45, 7) is 1.53. The summed E-state index contributed by atoms with van der Waals surface area (Å²) in [7, 11) is 0. The third kappa shape index (κ3) is 1.79. The molecule has 2 aromatic heterocycles. The molecule has 1 aromatic carbocycles. The van der Waals surface area contributed by atoms with Gasteiger partial charge in [-0.3, -0.25) is 4.40 Å². The van der Waals surface area contributed by atoms with Crippen LogP contribution in [0.4, 0.5) is 17.6 Å². The number of benzene rings is 1. The number of aromatic nitrogens is 4. The van der Waals surface area contributed by atoms with Crippen LogP contribution in [0.5, 0.6) is 0 Å². The summed E-state index contributed by atoms with van der Waals surface area (Å²) < 4.78 is 52.9. The van der Waals surface area contributed by atoms with E-state index in [0.29, 0.717) is 9.96 Å². The number of halogens is 5. The molecule has 4 nitrogen and oxygen atoms in total. The lowest BCUT2D eigenvalue weighted by molar-refractivity contribution is -0.145. The van der Waals surface area contributed by atoms with Crippen molar-refractivity contribution >= 4 is 28.3 Å². The van der Waals surface area contributed by atoms with E-state index in [9.17, 15) is 17.6 Å². The van der Waals surface area contributed by atoms with Gasteiger partial charge in [-0.15, -0.1) is 10.2 Å². The molecular weight excluding hydrogens is 300 g/mol. The van der Waals surface area contributed by atoms with Crippen molar-refractivity contribution in [1.29, 1.82) is 0 Å². The molecule has 9 heteroatoms. The van der Waals surface area contributed by atoms with Crippen molar-refractivity contribution in [2.24, 2.45) is 0 Å². The minimum absolute atomic E-state index is 0.0841. The molecule has 0 unspecified atom stereocenters. The predicted molar refractivity (Wildman–Crippen MR) is 63.0 cm³/mol. The highest BCUT2D eigenvalue weighted by Gasteiger charge is 2.38. The summed E-state index contributed by atoms with van der Waals surface area (Å²) >= 11 is 5.82. The Balaban J connectivity index is 2.59. The summed E-state index contributed by atoms with van der Waals surface area (Å²) in [4.78, 5) is 3.95. The van der Waals surface area contributed by atoms with E-state index in [4.69, 9.17) is 11.6 Å². The molecule has 0 saturated carbocycles. The van der Waals surface area contributed by atoms with Crippen LogP contribution in [-0.4, -0.2) is 19.6 Å². The molecule has 104 valence electrons. The molecule has 0 atom stereocenters. The molecule has 0 aliphatic rings. The molecule has 20 heavy (non-hydrogen) atoms. The van der Waals surface area contributed by atoms with Gasteiger partial charge in [-0.1, -0.05) is 11.6 Å². The maximum atomic E-state index is 13.5. The van der Waals surface area contributed by atoms with Gasteiger partial charge in [0.25, 0.3) is 0 Å². The van der Waals surface area contributed by atoms with Gasteiger partial charge in [-0.2, -0.15) is 13.2 Å². The maximum absolute atomic E-state index is 13.5. The average Bonchev–Trinajstić information content (AvgIpc) is 2.76. The molecule has 0 radical (unpaired) electrons. The molecule has 0 N–H and O–H groups in total. The summed E-state index contributed by atoms with van der Waals surface area (Å²) in [6, 6.07) is 2.10. The lowest BCUT2D eigenvalue weighted by Gasteiger charge is -2.09. The second-order valence-corrected chi connectivity index (χ2v) is 4.53. The van der Waals surface area contributed by atoms with E-state index in [-0.39, 0.29) is 21.8 Å². The first kappa shape index (κ1) is 13.0. The number of nitrogens with zero attached hydrogens (tertiary/aromatic N) is 4. The average molecular weight is 305 g/mol. The van der Waals surface area contributed by atoms with Gasteiger partial charge in [-0.25, -0.2) is 9.37 Å². The number of rotatable bonds is 0. The Kier molecular flexibility index (Phi) is 2.62. The number of fused-ring (bicyclic) bond motifs is 3. The number of alkyl halides is 3. The second kappa shape index (κ2) is 4.02. The summed E-state index contributed by atoms with van der Waals surface area (Å²) in [5.41, 5.74) is 0.176. The van der Waals surface area contributed by atoms with Gasteiger partial charge in [-0.05, 0) is 18.6 Å². The van der Waals surface area contributed by atoms with E-state index < -0.39 is 17.8 Å². The third-order valence-electron chi connectivity index (χ3n) is 2.80. The fourth-order valence-electron chi connectivity index (χ4n) is 2.01. The third-order valence-corrected chi connectivity index (χ3v) is 3.05. The Morgan fingerprint density at radius 2 is 1.90 bits per heavy atom. The van der Waals surface area contributed by atoms with Crippen LogP contribution in [0, 0.1) is 12.7 Å². The van der Waals surface area contributed by atoms with Gasteiger partial charge in [0, 0.05) is 6.07 Å². The van der Waals surface area contributed by atoms with Crippen molar-refractivity contribution in [3.8, 4) is 0 Å². The quantitative estimate of drug-likeness (QED) is 0.598. The van der Waals surface area contributed by atoms with Crippen molar-refractivity contribution in [1.82, 2.24) is 19.6 Å². The summed E-state index contributed by atoms with van der Waals surface area (Å²) in [6.07, 6.45) is -4.74. The van der Waals surface area contributed by atoms with Crippen molar-refractivity contribution in [3.63, 3.8) is 0 Å². The van der Waals surface area contributed by atoms with Crippen LogP contribution in [0.15, 0.2) is 12.1 Å². The Morgan fingerprint density at radius 3 is 2.55 bits per heavy atom. The van der Waals surface area contributed by atoms with Crippen LogP contribution < -0.4 is 0 Å². The van der Waals surface area contributed by atoms with Gasteiger partial charge >= 0.3 is 6.18 Å². The number of aryl methyl sites for hydroxylation is 1. The summed E-state index contributed by atoms with van der Waals surface area (Å²) in [5, 5.41) is 6.22. The lowest BCUT2D eigenvalue weighted by Crippen LogP contribution is -2.12. The molecule has 0 aliphatic heterocycles. The largest absolute Gasteiger partial charge is 0.452 e. The van der Waals surface area contributed by atoms with E-state index in [1.54, 1.807) is 0 Å². The predicted octanol–water partition coefficient (Wildman–Crippen LogP) is 3.40.